The number of nitrogen functional groups attached to an aromatic ring is 1. The zero-order chi connectivity index (χ0) is 15.3. The van der Waals surface area contributed by atoms with E-state index in [0.717, 1.165) is 6.07 Å². The quantitative estimate of drug-likeness (QED) is 0.501. The molecule has 1 rings (SSSR count). The molecule has 1 aromatic carbocycles. The largest absolute Gasteiger partial charge is 0.396 e. The first-order valence-electron chi connectivity index (χ1n) is 5.82. The Bertz CT molecular complexity index is 583. The second kappa shape index (κ2) is 6.47. The van der Waals surface area contributed by atoms with E-state index in [-0.39, 0.29) is 30.8 Å². The number of nitro groups is 1. The number of amides is 1. The Morgan fingerprint density at radius 2 is 2.25 bits per heavy atom. The number of carbonyl (C=O) groups excluding carboxylic acids is 1. The van der Waals surface area contributed by atoms with Crippen LogP contribution in [0.5, 0.6) is 0 Å². The molecule has 2 N–H and O–H groups in total. The van der Waals surface area contributed by atoms with Gasteiger partial charge in [-0.15, -0.1) is 0 Å². The lowest BCUT2D eigenvalue weighted by Crippen LogP contribution is -2.32. The first kappa shape index (κ1) is 15.4. The fourth-order valence-corrected chi connectivity index (χ4v) is 1.66. The van der Waals surface area contributed by atoms with Gasteiger partial charge < -0.3 is 10.6 Å². The number of carbonyl (C=O) groups is 1. The molecule has 0 unspecified atom stereocenters. The molecule has 0 bridgehead atoms. The van der Waals surface area contributed by atoms with Gasteiger partial charge in [-0.05, 0) is 13.0 Å². The third-order valence-electron chi connectivity index (χ3n) is 2.70. The van der Waals surface area contributed by atoms with Crippen LogP contribution in [0.2, 0.25) is 0 Å². The van der Waals surface area contributed by atoms with E-state index in [1.165, 1.54) is 4.90 Å². The number of hydrogen-bond acceptors (Lipinski definition) is 5. The van der Waals surface area contributed by atoms with Gasteiger partial charge in [-0.2, -0.15) is 5.26 Å². The summed E-state index contributed by atoms with van der Waals surface area (Å²) in [5.41, 5.74) is 4.09. The van der Waals surface area contributed by atoms with E-state index >= 15 is 0 Å². The van der Waals surface area contributed by atoms with Crippen LogP contribution < -0.4 is 5.73 Å². The zero-order valence-corrected chi connectivity index (χ0v) is 10.8. The molecule has 1 amide bonds. The van der Waals surface area contributed by atoms with Crippen LogP contribution >= 0.6 is 0 Å². The van der Waals surface area contributed by atoms with Gasteiger partial charge in [0.15, 0.2) is 5.82 Å². The summed E-state index contributed by atoms with van der Waals surface area (Å²) in [6, 6.07) is 3.46. The number of nitriles is 1. The lowest BCUT2D eigenvalue weighted by atomic mass is 10.1. The third kappa shape index (κ3) is 3.20. The fraction of sp³-hybridized carbons (Fsp3) is 0.333. The number of rotatable bonds is 5. The van der Waals surface area contributed by atoms with Gasteiger partial charge >= 0.3 is 0 Å². The van der Waals surface area contributed by atoms with E-state index in [9.17, 15) is 19.3 Å². The monoisotopic (exact) mass is 280 g/mol. The van der Waals surface area contributed by atoms with Gasteiger partial charge in [-0.3, -0.25) is 14.9 Å². The molecule has 7 nitrogen and oxygen atoms in total. The van der Waals surface area contributed by atoms with Gasteiger partial charge in [-0.1, -0.05) is 0 Å². The summed E-state index contributed by atoms with van der Waals surface area (Å²) >= 11 is 0. The molecule has 0 heterocycles. The number of nitrogens with two attached hydrogens (primary N) is 1. The van der Waals surface area contributed by atoms with E-state index < -0.39 is 22.3 Å². The number of hydrogen-bond donors (Lipinski definition) is 1. The number of anilines is 1. The Labute approximate surface area is 114 Å². The van der Waals surface area contributed by atoms with Crippen molar-refractivity contribution in [1.29, 1.82) is 5.26 Å². The van der Waals surface area contributed by atoms with Crippen molar-refractivity contribution < 1.29 is 14.1 Å². The minimum absolute atomic E-state index is 0.101. The van der Waals surface area contributed by atoms with Gasteiger partial charge in [0.05, 0.1) is 29.2 Å². The second-order valence-electron chi connectivity index (χ2n) is 3.94. The lowest BCUT2D eigenvalue weighted by molar-refractivity contribution is -0.385. The van der Waals surface area contributed by atoms with Crippen molar-refractivity contribution in [2.45, 2.75) is 13.3 Å². The summed E-state index contributed by atoms with van der Waals surface area (Å²) < 4.78 is 13.3. The molecule has 0 aromatic heterocycles. The minimum atomic E-state index is -0.951. The molecule has 0 saturated carbocycles. The summed E-state index contributed by atoms with van der Waals surface area (Å²) in [5, 5.41) is 19.4. The Balaban J connectivity index is 3.23. The molecule has 106 valence electrons. The molecule has 20 heavy (non-hydrogen) atoms. The Morgan fingerprint density at radius 1 is 1.60 bits per heavy atom. The van der Waals surface area contributed by atoms with Crippen molar-refractivity contribution >= 4 is 17.3 Å². The molecule has 0 aliphatic rings. The van der Waals surface area contributed by atoms with Crippen molar-refractivity contribution in [2.75, 3.05) is 18.8 Å². The molecule has 0 aliphatic carbocycles. The summed E-state index contributed by atoms with van der Waals surface area (Å²) in [6.07, 6.45) is 0.101. The van der Waals surface area contributed by atoms with Gasteiger partial charge in [0.1, 0.15) is 5.56 Å². The Morgan fingerprint density at radius 3 is 2.75 bits per heavy atom. The highest BCUT2D eigenvalue weighted by molar-refractivity contribution is 5.99. The summed E-state index contributed by atoms with van der Waals surface area (Å²) in [5.74, 6) is -1.60. The van der Waals surface area contributed by atoms with Crippen LogP contribution in [-0.4, -0.2) is 28.8 Å². The van der Waals surface area contributed by atoms with Crippen LogP contribution in [0.15, 0.2) is 12.1 Å². The zero-order valence-electron chi connectivity index (χ0n) is 10.8. The van der Waals surface area contributed by atoms with Crippen molar-refractivity contribution in [3.05, 3.63) is 33.6 Å². The van der Waals surface area contributed by atoms with Crippen LogP contribution in [0.4, 0.5) is 15.8 Å². The number of benzene rings is 1. The normalized spacial score (nSPS) is 9.85. The highest BCUT2D eigenvalue weighted by Crippen LogP contribution is 2.25. The van der Waals surface area contributed by atoms with Crippen LogP contribution in [0.3, 0.4) is 0 Å². The lowest BCUT2D eigenvalue weighted by Gasteiger charge is -2.19. The van der Waals surface area contributed by atoms with Gasteiger partial charge in [0, 0.05) is 13.1 Å². The highest BCUT2D eigenvalue weighted by Gasteiger charge is 2.26. The maximum Gasteiger partial charge on any atom is 0.285 e. The molecule has 0 radical (unpaired) electrons. The highest BCUT2D eigenvalue weighted by atomic mass is 19.1. The summed E-state index contributed by atoms with van der Waals surface area (Å²) in [4.78, 5) is 23.5. The number of nitrogens with zero attached hydrogens (tertiary/aromatic N) is 3. The molecule has 0 saturated heterocycles. The van der Waals surface area contributed by atoms with Gasteiger partial charge in [0.2, 0.25) is 0 Å². The summed E-state index contributed by atoms with van der Waals surface area (Å²) in [6.45, 7) is 2.09. The molecule has 8 heteroatoms. The molecule has 0 aliphatic heterocycles. The van der Waals surface area contributed by atoms with Gasteiger partial charge in [0.25, 0.3) is 11.6 Å². The Kier molecular flexibility index (Phi) is 4.97. The first-order valence-corrected chi connectivity index (χ1v) is 5.82. The van der Waals surface area contributed by atoms with E-state index in [1.807, 2.05) is 6.07 Å². The van der Waals surface area contributed by atoms with Crippen LogP contribution in [-0.2, 0) is 0 Å². The van der Waals surface area contributed by atoms with Crippen LogP contribution in [0.25, 0.3) is 0 Å². The van der Waals surface area contributed by atoms with E-state index in [1.54, 1.807) is 6.92 Å². The van der Waals surface area contributed by atoms with Crippen molar-refractivity contribution in [3.63, 3.8) is 0 Å². The number of nitro benzene ring substituents is 1. The molecular formula is C12H13FN4O3. The molecule has 0 spiro atoms. The summed E-state index contributed by atoms with van der Waals surface area (Å²) in [7, 11) is 0. The third-order valence-corrected chi connectivity index (χ3v) is 2.70. The van der Waals surface area contributed by atoms with Gasteiger partial charge in [-0.25, -0.2) is 4.39 Å². The maximum absolute atomic E-state index is 13.3. The standard InChI is InChI=1S/C12H13FN4O3/c1-2-16(5-3-4-14)12(18)8-6-10(15)9(13)7-11(8)17(19)20/h6-7H,2-3,5,15H2,1H3. The Hall–Kier alpha value is -2.69. The molecule has 1 aromatic rings. The fourth-order valence-electron chi connectivity index (χ4n) is 1.66. The molecular weight excluding hydrogens is 267 g/mol. The van der Waals surface area contributed by atoms with Crippen molar-refractivity contribution in [2.24, 2.45) is 0 Å². The average molecular weight is 280 g/mol. The SMILES string of the molecule is CCN(CCC#N)C(=O)c1cc(N)c(F)cc1[N+](=O)[O-]. The van der Waals surface area contributed by atoms with Crippen molar-refractivity contribution in [1.82, 2.24) is 4.90 Å². The van der Waals surface area contributed by atoms with E-state index in [4.69, 9.17) is 11.0 Å². The predicted molar refractivity (Wildman–Crippen MR) is 69.3 cm³/mol. The van der Waals surface area contributed by atoms with Crippen LogP contribution in [0, 0.1) is 27.3 Å². The smallest absolute Gasteiger partial charge is 0.285 e. The first-order chi connectivity index (χ1) is 9.42. The minimum Gasteiger partial charge on any atom is -0.396 e. The molecule has 0 atom stereocenters. The van der Waals surface area contributed by atoms with Crippen molar-refractivity contribution in [3.8, 4) is 6.07 Å². The maximum atomic E-state index is 13.3. The number of halogens is 1. The van der Waals surface area contributed by atoms with E-state index in [0.29, 0.717) is 6.07 Å². The molecule has 0 fully saturated rings. The predicted octanol–water partition coefficient (Wildman–Crippen LogP) is 1.69. The van der Waals surface area contributed by atoms with E-state index in [2.05, 4.69) is 0 Å². The average Bonchev–Trinajstić information content (AvgIpc) is 2.41. The second-order valence-corrected chi connectivity index (χ2v) is 3.94. The topological polar surface area (TPSA) is 113 Å². The van der Waals surface area contributed by atoms with Crippen LogP contribution in [0.1, 0.15) is 23.7 Å².